The number of hydrogen-bond acceptors (Lipinski definition) is 5. The number of nitrogens with one attached hydrogen (secondary N) is 3. The van der Waals surface area contributed by atoms with Crippen molar-refractivity contribution < 1.29 is 14.3 Å². The third kappa shape index (κ3) is 3.81. The Hall–Kier alpha value is -2.51. The molecule has 6 nitrogen and oxygen atoms in total. The lowest BCUT2D eigenvalue weighted by atomic mass is 9.78. The van der Waals surface area contributed by atoms with E-state index in [1.807, 2.05) is 44.2 Å². The first-order chi connectivity index (χ1) is 14.9. The molecule has 164 valence electrons. The predicted octanol–water partition coefficient (Wildman–Crippen LogP) is 3.83. The number of benzene rings is 2. The minimum Gasteiger partial charge on any atom is -0.497 e. The highest BCUT2D eigenvalue weighted by Gasteiger charge is 2.60. The number of amides is 2. The summed E-state index contributed by atoms with van der Waals surface area (Å²) in [5, 5.41) is 9.68. The lowest BCUT2D eigenvalue weighted by molar-refractivity contribution is -0.130. The van der Waals surface area contributed by atoms with Crippen LogP contribution < -0.4 is 20.7 Å². The van der Waals surface area contributed by atoms with Gasteiger partial charge in [0.2, 0.25) is 11.8 Å². The summed E-state index contributed by atoms with van der Waals surface area (Å²) in [6.45, 7) is 4.02. The first-order valence-corrected chi connectivity index (χ1v) is 11.9. The highest BCUT2D eigenvalue weighted by molar-refractivity contribution is 7.98. The van der Waals surface area contributed by atoms with Gasteiger partial charge >= 0.3 is 0 Å². The molecule has 0 radical (unpaired) electrons. The number of rotatable bonds is 6. The topological polar surface area (TPSA) is 79.5 Å². The minimum absolute atomic E-state index is 0.0941. The van der Waals surface area contributed by atoms with Crippen molar-refractivity contribution in [2.45, 2.75) is 38.3 Å². The summed E-state index contributed by atoms with van der Waals surface area (Å²) in [6.07, 6.45) is 3.59. The summed E-state index contributed by atoms with van der Waals surface area (Å²) in [5.74, 6) is 0.902. The third-order valence-electron chi connectivity index (χ3n) is 6.32. The zero-order valence-corrected chi connectivity index (χ0v) is 19.2. The van der Waals surface area contributed by atoms with Crippen molar-refractivity contribution in [1.82, 2.24) is 5.32 Å². The van der Waals surface area contributed by atoms with Crippen molar-refractivity contribution in [3.05, 3.63) is 53.1 Å². The maximum Gasteiger partial charge on any atom is 0.250 e. The molecule has 7 heteroatoms. The Morgan fingerprint density at radius 3 is 2.68 bits per heavy atom. The highest BCUT2D eigenvalue weighted by Crippen LogP contribution is 2.49. The van der Waals surface area contributed by atoms with Crippen LogP contribution in [-0.4, -0.2) is 37.0 Å². The molecule has 3 atom stereocenters. The zero-order valence-electron chi connectivity index (χ0n) is 18.4. The third-order valence-corrected chi connectivity index (χ3v) is 6.96. The number of methoxy groups -OCH3 is 1. The smallest absolute Gasteiger partial charge is 0.250 e. The second kappa shape index (κ2) is 8.55. The van der Waals surface area contributed by atoms with Crippen molar-refractivity contribution in [2.24, 2.45) is 5.92 Å². The molecule has 3 N–H and O–H groups in total. The first-order valence-electron chi connectivity index (χ1n) is 10.5. The molecule has 2 amide bonds. The summed E-state index contributed by atoms with van der Waals surface area (Å²) in [6, 6.07) is 11.4. The molecular weight excluding hydrogens is 410 g/mol. The maximum atomic E-state index is 13.5. The van der Waals surface area contributed by atoms with Crippen LogP contribution in [-0.2, 0) is 15.1 Å². The number of aryl methyl sites for hydroxylation is 2. The summed E-state index contributed by atoms with van der Waals surface area (Å²) < 4.78 is 5.20. The Morgan fingerprint density at radius 1 is 1.26 bits per heavy atom. The molecule has 0 aliphatic carbocycles. The van der Waals surface area contributed by atoms with Crippen LogP contribution in [0.2, 0.25) is 0 Å². The van der Waals surface area contributed by atoms with Crippen molar-refractivity contribution >= 4 is 35.0 Å². The molecular formula is C24H29N3O3S. The molecule has 0 saturated carbocycles. The molecule has 0 bridgehead atoms. The Balaban J connectivity index is 1.71. The van der Waals surface area contributed by atoms with Crippen LogP contribution >= 0.6 is 11.8 Å². The second-order valence-electron chi connectivity index (χ2n) is 8.40. The van der Waals surface area contributed by atoms with Gasteiger partial charge in [-0.05, 0) is 68.5 Å². The Labute approximate surface area is 187 Å². The van der Waals surface area contributed by atoms with Gasteiger partial charge in [-0.2, -0.15) is 11.8 Å². The molecule has 2 aromatic rings. The number of anilines is 2. The molecule has 2 aliphatic heterocycles. The molecule has 31 heavy (non-hydrogen) atoms. The average Bonchev–Trinajstić information content (AvgIpc) is 3.27. The van der Waals surface area contributed by atoms with Gasteiger partial charge in [-0.3, -0.25) is 14.9 Å². The lowest BCUT2D eigenvalue weighted by Gasteiger charge is -2.29. The number of ether oxygens (including phenoxy) is 1. The standard InChI is InChI=1S/C24H29N3O3S/c1-14-11-15(2)21-19(12-14)24(23(29)26-21)20(13-17(27-24)9-10-31-4)22(28)25-16-5-7-18(30-3)8-6-16/h5-8,11-12,17,20,27H,9-10,13H2,1-4H3,(H,25,28)(H,26,29). The van der Waals surface area contributed by atoms with E-state index >= 15 is 0 Å². The fraction of sp³-hybridized carbons (Fsp3) is 0.417. The van der Waals surface area contributed by atoms with Gasteiger partial charge in [-0.15, -0.1) is 0 Å². The summed E-state index contributed by atoms with van der Waals surface area (Å²) in [4.78, 5) is 26.9. The molecule has 1 spiro atoms. The maximum absolute atomic E-state index is 13.5. The van der Waals surface area contributed by atoms with Gasteiger partial charge in [0.25, 0.3) is 0 Å². The molecule has 2 aliphatic rings. The van der Waals surface area contributed by atoms with Crippen molar-refractivity contribution in [3.63, 3.8) is 0 Å². The van der Waals surface area contributed by atoms with E-state index in [1.54, 1.807) is 18.9 Å². The average molecular weight is 440 g/mol. The largest absolute Gasteiger partial charge is 0.497 e. The number of carbonyl (C=O) groups excluding carboxylic acids is 2. The van der Waals surface area contributed by atoms with E-state index in [2.05, 4.69) is 28.3 Å². The summed E-state index contributed by atoms with van der Waals surface area (Å²) in [7, 11) is 1.61. The normalized spacial score (nSPS) is 24.2. The predicted molar refractivity (Wildman–Crippen MR) is 126 cm³/mol. The molecule has 2 aromatic carbocycles. The Morgan fingerprint density at radius 2 is 2.00 bits per heavy atom. The van der Waals surface area contributed by atoms with E-state index in [4.69, 9.17) is 4.74 Å². The Kier molecular flexibility index (Phi) is 5.99. The van der Waals surface area contributed by atoms with Gasteiger partial charge in [0, 0.05) is 23.0 Å². The van der Waals surface area contributed by atoms with Gasteiger partial charge in [0.05, 0.1) is 13.0 Å². The zero-order chi connectivity index (χ0) is 22.2. The lowest BCUT2D eigenvalue weighted by Crippen LogP contribution is -2.52. The molecule has 1 saturated heterocycles. The van der Waals surface area contributed by atoms with E-state index < -0.39 is 11.5 Å². The second-order valence-corrected chi connectivity index (χ2v) is 9.38. The van der Waals surface area contributed by atoms with Gasteiger partial charge in [-0.1, -0.05) is 17.7 Å². The van der Waals surface area contributed by atoms with Crippen LogP contribution in [0.5, 0.6) is 5.75 Å². The summed E-state index contributed by atoms with van der Waals surface area (Å²) in [5.41, 5.74) is 3.45. The van der Waals surface area contributed by atoms with E-state index in [-0.39, 0.29) is 17.9 Å². The van der Waals surface area contributed by atoms with Crippen molar-refractivity contribution in [1.29, 1.82) is 0 Å². The molecule has 4 rings (SSSR count). The number of carbonyl (C=O) groups is 2. The van der Waals surface area contributed by atoms with E-state index in [0.717, 1.165) is 40.3 Å². The molecule has 3 unspecified atom stereocenters. The molecule has 2 heterocycles. The molecule has 1 fully saturated rings. The SMILES string of the molecule is COc1ccc(NC(=O)C2CC(CCSC)NC23C(=O)Nc2c(C)cc(C)cc23)cc1. The minimum atomic E-state index is -1.05. The van der Waals surface area contributed by atoms with Crippen LogP contribution in [0.1, 0.15) is 29.5 Å². The number of thioether (sulfide) groups is 1. The monoisotopic (exact) mass is 439 g/mol. The fourth-order valence-corrected chi connectivity index (χ4v) is 5.39. The fourth-order valence-electron chi connectivity index (χ4n) is 4.87. The van der Waals surface area contributed by atoms with Crippen LogP contribution in [0, 0.1) is 19.8 Å². The van der Waals surface area contributed by atoms with E-state index in [9.17, 15) is 9.59 Å². The van der Waals surface area contributed by atoms with Crippen LogP contribution in [0.4, 0.5) is 11.4 Å². The van der Waals surface area contributed by atoms with Crippen molar-refractivity contribution in [3.8, 4) is 5.75 Å². The van der Waals surface area contributed by atoms with E-state index in [1.165, 1.54) is 0 Å². The number of fused-ring (bicyclic) bond motifs is 2. The van der Waals surface area contributed by atoms with Gasteiger partial charge in [-0.25, -0.2) is 0 Å². The van der Waals surface area contributed by atoms with Crippen molar-refractivity contribution in [2.75, 3.05) is 29.8 Å². The van der Waals surface area contributed by atoms with Gasteiger partial charge in [0.1, 0.15) is 11.3 Å². The Bertz CT molecular complexity index is 1010. The highest BCUT2D eigenvalue weighted by atomic mass is 32.2. The quantitative estimate of drug-likeness (QED) is 0.638. The van der Waals surface area contributed by atoms with Crippen LogP contribution in [0.3, 0.4) is 0 Å². The van der Waals surface area contributed by atoms with E-state index in [0.29, 0.717) is 12.1 Å². The van der Waals surface area contributed by atoms with Crippen LogP contribution in [0.25, 0.3) is 0 Å². The van der Waals surface area contributed by atoms with Gasteiger partial charge < -0.3 is 15.4 Å². The van der Waals surface area contributed by atoms with Gasteiger partial charge in [0.15, 0.2) is 0 Å². The summed E-state index contributed by atoms with van der Waals surface area (Å²) >= 11 is 1.77. The van der Waals surface area contributed by atoms with Crippen LogP contribution in [0.15, 0.2) is 36.4 Å². The number of hydrogen-bond donors (Lipinski definition) is 3. The first kappa shape index (κ1) is 21.7. The molecule has 0 aromatic heterocycles.